The quantitative estimate of drug-likeness (QED) is 0.755. The molecule has 3 N–H and O–H groups in total. The van der Waals surface area contributed by atoms with Crippen LogP contribution in [0.1, 0.15) is 47.5 Å². The zero-order chi connectivity index (χ0) is 14.8. The van der Waals surface area contributed by atoms with E-state index in [9.17, 15) is 9.59 Å². The van der Waals surface area contributed by atoms with Crippen LogP contribution in [0.25, 0.3) is 0 Å². The largest absolute Gasteiger partial charge is 0.460 e. The number of carbonyl (C=O) groups is 2. The van der Waals surface area contributed by atoms with Gasteiger partial charge >= 0.3 is 5.97 Å². The van der Waals surface area contributed by atoms with Gasteiger partial charge in [0.25, 0.3) is 0 Å². The lowest BCUT2D eigenvalue weighted by atomic mass is 9.95. The van der Waals surface area contributed by atoms with Gasteiger partial charge in [0.1, 0.15) is 5.60 Å². The molecule has 0 aromatic carbocycles. The molecule has 1 saturated carbocycles. The van der Waals surface area contributed by atoms with Gasteiger partial charge in [-0.05, 0) is 46.5 Å². The third-order valence-corrected chi connectivity index (χ3v) is 3.48. The van der Waals surface area contributed by atoms with Crippen molar-refractivity contribution in [1.82, 2.24) is 5.32 Å². The van der Waals surface area contributed by atoms with Crippen LogP contribution in [0.5, 0.6) is 0 Å². The maximum atomic E-state index is 12.0. The summed E-state index contributed by atoms with van der Waals surface area (Å²) in [6.45, 7) is 9.00. The Morgan fingerprint density at radius 1 is 1.32 bits per heavy atom. The minimum Gasteiger partial charge on any atom is -0.460 e. The highest BCUT2D eigenvalue weighted by atomic mass is 16.6. The van der Waals surface area contributed by atoms with Gasteiger partial charge in [-0.3, -0.25) is 9.59 Å². The van der Waals surface area contributed by atoms with Gasteiger partial charge in [0.15, 0.2) is 0 Å². The first-order chi connectivity index (χ1) is 8.60. The van der Waals surface area contributed by atoms with Crippen molar-refractivity contribution in [2.24, 2.45) is 17.6 Å². The molecule has 0 radical (unpaired) electrons. The van der Waals surface area contributed by atoms with Crippen LogP contribution >= 0.6 is 0 Å². The highest BCUT2D eigenvalue weighted by Gasteiger charge is 2.40. The van der Waals surface area contributed by atoms with E-state index in [2.05, 4.69) is 5.32 Å². The molecule has 0 saturated heterocycles. The number of ether oxygens (including phenoxy) is 1. The fourth-order valence-corrected chi connectivity index (χ4v) is 2.68. The summed E-state index contributed by atoms with van der Waals surface area (Å²) >= 11 is 0. The Bertz CT molecular complexity index is 349. The number of hydrogen-bond donors (Lipinski definition) is 2. The zero-order valence-corrected chi connectivity index (χ0v) is 12.5. The second kappa shape index (κ2) is 5.90. The van der Waals surface area contributed by atoms with E-state index in [-0.39, 0.29) is 35.8 Å². The second-order valence-corrected chi connectivity index (χ2v) is 6.52. The number of esters is 1. The van der Waals surface area contributed by atoms with E-state index >= 15 is 0 Å². The molecule has 1 amide bonds. The molecule has 0 bridgehead atoms. The van der Waals surface area contributed by atoms with Gasteiger partial charge < -0.3 is 15.8 Å². The van der Waals surface area contributed by atoms with Crippen LogP contribution in [-0.2, 0) is 14.3 Å². The van der Waals surface area contributed by atoms with Crippen LogP contribution < -0.4 is 11.1 Å². The Kier molecular flexibility index (Phi) is 4.96. The van der Waals surface area contributed by atoms with Gasteiger partial charge in [-0.25, -0.2) is 0 Å². The summed E-state index contributed by atoms with van der Waals surface area (Å²) in [7, 11) is 0. The summed E-state index contributed by atoms with van der Waals surface area (Å²) in [6.07, 6.45) is 1.31. The third-order valence-electron chi connectivity index (χ3n) is 3.48. The van der Waals surface area contributed by atoms with Crippen molar-refractivity contribution in [3.05, 3.63) is 0 Å². The standard InChI is InChI=1S/C14H26N2O3/c1-8(16-9(2)17)11-6-10(7-12(11)15)13(18)19-14(3,4)5/h8,10-12H,6-7,15H2,1-5H3,(H,16,17)/t8?,10-,11-,12+/m0/s1. The maximum Gasteiger partial charge on any atom is 0.309 e. The molecule has 0 spiro atoms. The normalized spacial score (nSPS) is 28.8. The molecule has 110 valence electrons. The first-order valence-corrected chi connectivity index (χ1v) is 6.85. The summed E-state index contributed by atoms with van der Waals surface area (Å²) in [5.41, 5.74) is 5.62. The molecule has 5 heteroatoms. The van der Waals surface area contributed by atoms with Crippen LogP contribution in [0.3, 0.4) is 0 Å². The van der Waals surface area contributed by atoms with E-state index in [0.29, 0.717) is 12.8 Å². The van der Waals surface area contributed by atoms with Crippen molar-refractivity contribution in [1.29, 1.82) is 0 Å². The predicted molar refractivity (Wildman–Crippen MR) is 73.3 cm³/mol. The number of hydrogen-bond acceptors (Lipinski definition) is 4. The minimum atomic E-state index is -0.470. The number of nitrogens with one attached hydrogen (secondary N) is 1. The number of nitrogens with two attached hydrogens (primary N) is 1. The monoisotopic (exact) mass is 270 g/mol. The van der Waals surface area contributed by atoms with E-state index in [1.807, 2.05) is 27.7 Å². The van der Waals surface area contributed by atoms with Crippen LogP contribution in [0.2, 0.25) is 0 Å². The Hall–Kier alpha value is -1.10. The molecule has 4 atom stereocenters. The molecular weight excluding hydrogens is 244 g/mol. The van der Waals surface area contributed by atoms with Crippen LogP contribution in [0, 0.1) is 11.8 Å². The van der Waals surface area contributed by atoms with Gasteiger partial charge in [-0.15, -0.1) is 0 Å². The van der Waals surface area contributed by atoms with E-state index in [0.717, 1.165) is 0 Å². The summed E-state index contributed by atoms with van der Waals surface area (Å²) < 4.78 is 5.40. The molecule has 0 heterocycles. The van der Waals surface area contributed by atoms with Crippen molar-refractivity contribution < 1.29 is 14.3 Å². The first-order valence-electron chi connectivity index (χ1n) is 6.85. The Balaban J connectivity index is 2.59. The van der Waals surface area contributed by atoms with Crippen LogP contribution in [0.15, 0.2) is 0 Å². The smallest absolute Gasteiger partial charge is 0.309 e. The number of carbonyl (C=O) groups excluding carboxylic acids is 2. The second-order valence-electron chi connectivity index (χ2n) is 6.52. The molecule has 1 fully saturated rings. The summed E-state index contributed by atoms with van der Waals surface area (Å²) in [5.74, 6) is -0.280. The van der Waals surface area contributed by atoms with Gasteiger partial charge in [0.2, 0.25) is 5.91 Å². The Morgan fingerprint density at radius 2 is 1.89 bits per heavy atom. The Morgan fingerprint density at radius 3 is 2.37 bits per heavy atom. The molecule has 5 nitrogen and oxygen atoms in total. The summed E-state index contributed by atoms with van der Waals surface area (Å²) in [6, 6.07) is -0.0840. The van der Waals surface area contributed by atoms with Crippen molar-refractivity contribution >= 4 is 11.9 Å². The topological polar surface area (TPSA) is 81.4 Å². The van der Waals surface area contributed by atoms with Crippen LogP contribution in [-0.4, -0.2) is 29.6 Å². The molecule has 1 aliphatic rings. The van der Waals surface area contributed by atoms with E-state index in [1.165, 1.54) is 6.92 Å². The summed E-state index contributed by atoms with van der Waals surface area (Å²) in [4.78, 5) is 23.1. The molecular formula is C14H26N2O3. The average molecular weight is 270 g/mol. The molecule has 19 heavy (non-hydrogen) atoms. The van der Waals surface area contributed by atoms with E-state index in [1.54, 1.807) is 0 Å². The molecule has 0 aliphatic heterocycles. The molecule has 1 unspecified atom stereocenters. The molecule has 1 rings (SSSR count). The number of amides is 1. The fraction of sp³-hybridized carbons (Fsp3) is 0.857. The number of rotatable bonds is 3. The highest BCUT2D eigenvalue weighted by Crippen LogP contribution is 2.34. The molecule has 0 aromatic heterocycles. The highest BCUT2D eigenvalue weighted by molar-refractivity contribution is 5.74. The van der Waals surface area contributed by atoms with Gasteiger partial charge in [-0.1, -0.05) is 0 Å². The van der Waals surface area contributed by atoms with Crippen molar-refractivity contribution in [3.63, 3.8) is 0 Å². The predicted octanol–water partition coefficient (Wildman–Crippen LogP) is 1.21. The van der Waals surface area contributed by atoms with Crippen molar-refractivity contribution in [2.75, 3.05) is 0 Å². The fourth-order valence-electron chi connectivity index (χ4n) is 2.68. The molecule has 0 aromatic rings. The van der Waals surface area contributed by atoms with E-state index in [4.69, 9.17) is 10.5 Å². The lowest BCUT2D eigenvalue weighted by Crippen LogP contribution is -2.42. The van der Waals surface area contributed by atoms with Gasteiger partial charge in [0, 0.05) is 19.0 Å². The maximum absolute atomic E-state index is 12.0. The first kappa shape index (κ1) is 16.0. The SMILES string of the molecule is CC(=O)NC(C)[C@@H]1C[C@H](C(=O)OC(C)(C)C)C[C@H]1N. The van der Waals surface area contributed by atoms with Crippen molar-refractivity contribution in [2.45, 2.75) is 65.1 Å². The third kappa shape index (κ3) is 4.82. The molecule has 1 aliphatic carbocycles. The Labute approximate surface area is 115 Å². The van der Waals surface area contributed by atoms with Crippen molar-refractivity contribution in [3.8, 4) is 0 Å². The van der Waals surface area contributed by atoms with Gasteiger partial charge in [0.05, 0.1) is 5.92 Å². The average Bonchev–Trinajstić information content (AvgIpc) is 2.56. The minimum absolute atomic E-state index is 0.0139. The lowest BCUT2D eigenvalue weighted by Gasteiger charge is -2.24. The van der Waals surface area contributed by atoms with E-state index < -0.39 is 5.60 Å². The zero-order valence-electron chi connectivity index (χ0n) is 12.5. The van der Waals surface area contributed by atoms with Gasteiger partial charge in [-0.2, -0.15) is 0 Å². The van der Waals surface area contributed by atoms with Crippen LogP contribution in [0.4, 0.5) is 0 Å². The lowest BCUT2D eigenvalue weighted by molar-refractivity contribution is -0.159. The summed E-state index contributed by atoms with van der Waals surface area (Å²) in [5, 5.41) is 2.85.